The first-order valence-corrected chi connectivity index (χ1v) is 8.34. The van der Waals surface area contributed by atoms with Crippen molar-refractivity contribution in [3.05, 3.63) is 29.8 Å². The molecule has 1 saturated carbocycles. The molecule has 0 spiro atoms. The van der Waals surface area contributed by atoms with Crippen molar-refractivity contribution in [2.24, 2.45) is 5.92 Å². The van der Waals surface area contributed by atoms with Crippen LogP contribution < -0.4 is 5.32 Å². The quantitative estimate of drug-likeness (QED) is 0.803. The molecule has 114 valence electrons. The van der Waals surface area contributed by atoms with Gasteiger partial charge in [0.05, 0.1) is 6.07 Å². The summed E-state index contributed by atoms with van der Waals surface area (Å²) < 4.78 is 26.4. The number of thioether (sulfide) groups is 1. The molecule has 0 aliphatic heterocycles. The van der Waals surface area contributed by atoms with Gasteiger partial charge in [0.25, 0.3) is 0 Å². The molecular weight excluding hydrogens is 290 g/mol. The molecule has 0 radical (unpaired) electrons. The number of halogens is 2. The van der Waals surface area contributed by atoms with Crippen molar-refractivity contribution >= 4 is 11.8 Å². The molecule has 0 saturated heterocycles. The number of hydrogen-bond acceptors (Lipinski definition) is 3. The highest BCUT2D eigenvalue weighted by atomic mass is 32.2. The van der Waals surface area contributed by atoms with Crippen LogP contribution in [0, 0.1) is 28.9 Å². The third kappa shape index (κ3) is 3.75. The number of nitriles is 1. The van der Waals surface area contributed by atoms with Crippen molar-refractivity contribution in [3.8, 4) is 6.07 Å². The second kappa shape index (κ2) is 7.24. The molecule has 0 heterocycles. The average Bonchev–Trinajstić information content (AvgIpc) is 2.85. The Morgan fingerprint density at radius 2 is 2.29 bits per heavy atom. The van der Waals surface area contributed by atoms with E-state index in [1.54, 1.807) is 0 Å². The Hall–Kier alpha value is -1.12. The highest BCUT2D eigenvalue weighted by Gasteiger charge is 2.42. The first-order chi connectivity index (χ1) is 10.1. The fraction of sp³-hybridized carbons (Fsp3) is 0.562. The molecule has 0 amide bonds. The molecule has 0 aromatic heterocycles. The van der Waals surface area contributed by atoms with Gasteiger partial charge in [0.15, 0.2) is 0 Å². The van der Waals surface area contributed by atoms with Crippen LogP contribution in [-0.2, 0) is 0 Å². The van der Waals surface area contributed by atoms with E-state index in [0.29, 0.717) is 10.8 Å². The summed E-state index contributed by atoms with van der Waals surface area (Å²) in [6, 6.07) is 6.12. The van der Waals surface area contributed by atoms with Crippen LogP contribution in [0.15, 0.2) is 23.1 Å². The van der Waals surface area contributed by atoms with Crippen LogP contribution in [0.5, 0.6) is 0 Å². The van der Waals surface area contributed by atoms with Crippen molar-refractivity contribution in [2.45, 2.75) is 43.0 Å². The topological polar surface area (TPSA) is 35.8 Å². The lowest BCUT2D eigenvalue weighted by atomic mass is 9.86. The SMILES string of the molecule is CCNC1(C#N)CCCC1CCSc1ccc(F)cc1F. The van der Waals surface area contributed by atoms with Crippen LogP contribution in [0.3, 0.4) is 0 Å². The van der Waals surface area contributed by atoms with Gasteiger partial charge in [0.2, 0.25) is 0 Å². The molecule has 2 unspecified atom stereocenters. The van der Waals surface area contributed by atoms with Crippen molar-refractivity contribution in [3.63, 3.8) is 0 Å². The number of nitrogens with one attached hydrogen (secondary N) is 1. The van der Waals surface area contributed by atoms with Crippen LogP contribution >= 0.6 is 11.8 Å². The lowest BCUT2D eigenvalue weighted by Gasteiger charge is -2.29. The molecule has 21 heavy (non-hydrogen) atoms. The standard InChI is InChI=1S/C16H20F2N2S/c1-2-20-16(11-19)8-3-4-12(16)7-9-21-15-6-5-13(17)10-14(15)18/h5-6,10,12,20H,2-4,7-9H2,1H3. The van der Waals surface area contributed by atoms with Gasteiger partial charge in [-0.1, -0.05) is 13.3 Å². The van der Waals surface area contributed by atoms with E-state index in [-0.39, 0.29) is 0 Å². The summed E-state index contributed by atoms with van der Waals surface area (Å²) >= 11 is 1.39. The maximum absolute atomic E-state index is 13.6. The van der Waals surface area contributed by atoms with Gasteiger partial charge in [-0.15, -0.1) is 11.8 Å². The zero-order chi connectivity index (χ0) is 15.3. The molecule has 1 aliphatic rings. The predicted octanol–water partition coefficient (Wildman–Crippen LogP) is 4.12. The molecule has 2 rings (SSSR count). The second-order valence-electron chi connectivity index (χ2n) is 5.41. The predicted molar refractivity (Wildman–Crippen MR) is 81.1 cm³/mol. The zero-order valence-electron chi connectivity index (χ0n) is 12.2. The average molecular weight is 310 g/mol. The normalized spacial score (nSPS) is 25.0. The third-order valence-electron chi connectivity index (χ3n) is 4.13. The third-order valence-corrected chi connectivity index (χ3v) is 5.21. The highest BCUT2D eigenvalue weighted by molar-refractivity contribution is 7.99. The minimum Gasteiger partial charge on any atom is -0.299 e. The highest BCUT2D eigenvalue weighted by Crippen LogP contribution is 2.39. The van der Waals surface area contributed by atoms with Gasteiger partial charge in [0, 0.05) is 11.0 Å². The largest absolute Gasteiger partial charge is 0.299 e. The molecule has 1 N–H and O–H groups in total. The van der Waals surface area contributed by atoms with E-state index < -0.39 is 17.2 Å². The summed E-state index contributed by atoms with van der Waals surface area (Å²) in [6.45, 7) is 2.79. The van der Waals surface area contributed by atoms with Gasteiger partial charge >= 0.3 is 0 Å². The molecule has 1 fully saturated rings. The molecular formula is C16H20F2N2S. The van der Waals surface area contributed by atoms with Crippen molar-refractivity contribution in [1.82, 2.24) is 5.32 Å². The Balaban J connectivity index is 1.92. The van der Waals surface area contributed by atoms with Gasteiger partial charge in [0.1, 0.15) is 17.2 Å². The van der Waals surface area contributed by atoms with Gasteiger partial charge in [-0.2, -0.15) is 5.26 Å². The van der Waals surface area contributed by atoms with E-state index >= 15 is 0 Å². The van der Waals surface area contributed by atoms with Crippen LogP contribution in [0.1, 0.15) is 32.6 Å². The number of nitrogens with zero attached hydrogens (tertiary/aromatic N) is 1. The van der Waals surface area contributed by atoms with E-state index in [1.165, 1.54) is 23.9 Å². The first kappa shape index (κ1) is 16.3. The maximum atomic E-state index is 13.6. The van der Waals surface area contributed by atoms with Crippen molar-refractivity contribution in [2.75, 3.05) is 12.3 Å². The lowest BCUT2D eigenvalue weighted by molar-refractivity contribution is 0.317. The molecule has 1 aromatic rings. The van der Waals surface area contributed by atoms with Crippen molar-refractivity contribution < 1.29 is 8.78 Å². The Morgan fingerprint density at radius 3 is 2.95 bits per heavy atom. The molecule has 5 heteroatoms. The van der Waals surface area contributed by atoms with E-state index in [2.05, 4.69) is 11.4 Å². The minimum atomic E-state index is -0.553. The summed E-state index contributed by atoms with van der Waals surface area (Å²) in [5.41, 5.74) is -0.420. The van der Waals surface area contributed by atoms with Crippen LogP contribution in [0.25, 0.3) is 0 Å². The fourth-order valence-corrected chi connectivity index (χ4v) is 4.09. The van der Waals surface area contributed by atoms with Crippen LogP contribution in [-0.4, -0.2) is 17.8 Å². The summed E-state index contributed by atoms with van der Waals surface area (Å²) in [5, 5.41) is 12.8. The van der Waals surface area contributed by atoms with Crippen LogP contribution in [0.2, 0.25) is 0 Å². The monoisotopic (exact) mass is 310 g/mol. The summed E-state index contributed by atoms with van der Waals surface area (Å²) in [5.74, 6) is -0.0198. The van der Waals surface area contributed by atoms with E-state index in [0.717, 1.165) is 44.0 Å². The Morgan fingerprint density at radius 1 is 1.48 bits per heavy atom. The van der Waals surface area contributed by atoms with Gasteiger partial charge in [-0.05, 0) is 49.6 Å². The summed E-state index contributed by atoms with van der Waals surface area (Å²) in [7, 11) is 0. The van der Waals surface area contributed by atoms with Crippen molar-refractivity contribution in [1.29, 1.82) is 5.26 Å². The first-order valence-electron chi connectivity index (χ1n) is 7.35. The van der Waals surface area contributed by atoms with Gasteiger partial charge in [-0.25, -0.2) is 8.78 Å². The summed E-state index contributed by atoms with van der Waals surface area (Å²) in [4.78, 5) is 0.473. The molecule has 1 aromatic carbocycles. The number of benzene rings is 1. The zero-order valence-corrected chi connectivity index (χ0v) is 13.0. The Labute approximate surface area is 128 Å². The minimum absolute atomic E-state index is 0.304. The van der Waals surface area contributed by atoms with Gasteiger partial charge < -0.3 is 0 Å². The molecule has 2 nitrogen and oxygen atoms in total. The number of rotatable bonds is 6. The van der Waals surface area contributed by atoms with E-state index in [1.807, 2.05) is 6.92 Å². The Kier molecular flexibility index (Phi) is 5.60. The summed E-state index contributed by atoms with van der Waals surface area (Å²) in [6.07, 6.45) is 3.84. The lowest BCUT2D eigenvalue weighted by Crippen LogP contribution is -2.47. The molecule has 2 atom stereocenters. The fourth-order valence-electron chi connectivity index (χ4n) is 3.11. The maximum Gasteiger partial charge on any atom is 0.139 e. The van der Waals surface area contributed by atoms with E-state index in [4.69, 9.17) is 0 Å². The molecule has 1 aliphatic carbocycles. The Bertz CT molecular complexity index is 529. The van der Waals surface area contributed by atoms with Crippen LogP contribution in [0.4, 0.5) is 8.78 Å². The van der Waals surface area contributed by atoms with Gasteiger partial charge in [-0.3, -0.25) is 5.32 Å². The molecule has 0 bridgehead atoms. The number of hydrogen-bond donors (Lipinski definition) is 1. The smallest absolute Gasteiger partial charge is 0.139 e. The van der Waals surface area contributed by atoms with E-state index in [9.17, 15) is 14.0 Å². The second-order valence-corrected chi connectivity index (χ2v) is 6.55.